The van der Waals surface area contributed by atoms with Crippen molar-refractivity contribution >= 4 is 0 Å². The van der Waals surface area contributed by atoms with E-state index in [4.69, 9.17) is 0 Å². The van der Waals surface area contributed by atoms with Crippen molar-refractivity contribution in [3.8, 4) is 0 Å². The maximum Gasteiger partial charge on any atom is 0.345 e. The second-order valence-electron chi connectivity index (χ2n) is 3.96. The summed E-state index contributed by atoms with van der Waals surface area (Å²) in [6.45, 7) is 2.50. The number of rotatable bonds is 2. The van der Waals surface area contributed by atoms with E-state index in [-0.39, 0.29) is 5.69 Å². The minimum Gasteiger partial charge on any atom is -0.314 e. The summed E-state index contributed by atoms with van der Waals surface area (Å²) in [6, 6.07) is 0. The summed E-state index contributed by atoms with van der Waals surface area (Å²) in [7, 11) is 3.92. The van der Waals surface area contributed by atoms with Crippen LogP contribution in [0.15, 0.2) is 4.79 Å². The van der Waals surface area contributed by atoms with Gasteiger partial charge in [0.25, 0.3) is 0 Å². The highest BCUT2D eigenvalue weighted by Crippen LogP contribution is 2.16. The van der Waals surface area contributed by atoms with Crippen molar-refractivity contribution in [3.05, 3.63) is 27.4 Å². The van der Waals surface area contributed by atoms with E-state index in [2.05, 4.69) is 27.2 Å². The van der Waals surface area contributed by atoms with Gasteiger partial charge >= 0.3 is 5.69 Å². The Morgan fingerprint density at radius 3 is 3.13 bits per heavy atom. The van der Waals surface area contributed by atoms with Gasteiger partial charge in [0.05, 0.1) is 5.69 Å². The maximum atomic E-state index is 11.3. The summed E-state index contributed by atoms with van der Waals surface area (Å²) in [6.07, 6.45) is 0.965. The normalized spacial score (nSPS) is 16.4. The smallest absolute Gasteiger partial charge is 0.314 e. The van der Waals surface area contributed by atoms with Crippen LogP contribution in [0, 0.1) is 0 Å². The van der Waals surface area contributed by atoms with E-state index in [1.54, 1.807) is 0 Å². The number of hydrogen-bond acceptors (Lipinski definition) is 4. The van der Waals surface area contributed by atoms with E-state index in [1.165, 1.54) is 5.56 Å². The Hall–Kier alpha value is -1.20. The number of nitrogens with one attached hydrogen (secondary N) is 2. The lowest BCUT2D eigenvalue weighted by molar-refractivity contribution is 0.305. The monoisotopic (exact) mass is 208 g/mol. The fraction of sp³-hybridized carbons (Fsp3) is 0.600. The predicted octanol–water partition coefficient (Wildman–Crippen LogP) is -0.523. The lowest BCUT2D eigenvalue weighted by Gasteiger charge is -2.25. The van der Waals surface area contributed by atoms with Gasteiger partial charge in [-0.15, -0.1) is 0 Å². The molecule has 1 aliphatic heterocycles. The van der Waals surface area contributed by atoms with Crippen LogP contribution in [0.2, 0.25) is 0 Å². The number of nitrogens with zero attached hydrogens (tertiary/aromatic N) is 2. The number of fused-ring (bicyclic) bond motifs is 1. The van der Waals surface area contributed by atoms with E-state index < -0.39 is 0 Å². The molecule has 0 aromatic carbocycles. The van der Waals surface area contributed by atoms with Crippen molar-refractivity contribution < 1.29 is 0 Å². The molecule has 2 rings (SSSR count). The zero-order valence-electron chi connectivity index (χ0n) is 9.13. The molecule has 82 valence electrons. The van der Waals surface area contributed by atoms with Crippen LogP contribution in [0.25, 0.3) is 0 Å². The summed E-state index contributed by atoms with van der Waals surface area (Å²) >= 11 is 0. The van der Waals surface area contributed by atoms with Gasteiger partial charge in [0.1, 0.15) is 0 Å². The van der Waals surface area contributed by atoms with Crippen molar-refractivity contribution in [3.63, 3.8) is 0 Å². The van der Waals surface area contributed by atoms with Crippen LogP contribution in [0.3, 0.4) is 0 Å². The quantitative estimate of drug-likeness (QED) is 0.686. The molecule has 2 heterocycles. The van der Waals surface area contributed by atoms with Crippen molar-refractivity contribution in [1.82, 2.24) is 20.2 Å². The maximum absolute atomic E-state index is 11.3. The van der Waals surface area contributed by atoms with Crippen LogP contribution in [-0.2, 0) is 19.5 Å². The Labute approximate surface area is 88.5 Å². The van der Waals surface area contributed by atoms with Crippen molar-refractivity contribution in [1.29, 1.82) is 0 Å². The Morgan fingerprint density at radius 2 is 2.40 bits per heavy atom. The summed E-state index contributed by atoms with van der Waals surface area (Å²) in [5.41, 5.74) is 2.88. The molecule has 0 atom stereocenters. The van der Waals surface area contributed by atoms with E-state index >= 15 is 0 Å². The molecular weight excluding hydrogens is 192 g/mol. The fourth-order valence-corrected chi connectivity index (χ4v) is 1.99. The van der Waals surface area contributed by atoms with E-state index in [0.717, 1.165) is 30.9 Å². The van der Waals surface area contributed by atoms with Gasteiger partial charge in [-0.05, 0) is 26.1 Å². The third-order valence-corrected chi connectivity index (χ3v) is 2.72. The van der Waals surface area contributed by atoms with Gasteiger partial charge < -0.3 is 15.2 Å². The second kappa shape index (κ2) is 4.12. The largest absolute Gasteiger partial charge is 0.345 e. The number of likely N-dealkylation sites (N-methyl/N-ethyl adjacent to an activating group) is 1. The first-order valence-corrected chi connectivity index (χ1v) is 5.15. The number of hydrogen-bond donors (Lipinski definition) is 2. The molecule has 0 spiro atoms. The Morgan fingerprint density at radius 1 is 1.60 bits per heavy atom. The molecule has 1 aromatic heterocycles. The standard InChI is InChI=1S/C10H16N4O/c1-11-5-8-7-3-4-14(2)6-9(7)13-10(15)12-8/h11H,3-6H2,1-2H3,(H,12,13,15). The van der Waals surface area contributed by atoms with Crippen LogP contribution in [0.4, 0.5) is 0 Å². The minimum absolute atomic E-state index is 0.241. The Balaban J connectivity index is 2.44. The second-order valence-corrected chi connectivity index (χ2v) is 3.96. The van der Waals surface area contributed by atoms with Crippen LogP contribution in [-0.4, -0.2) is 35.5 Å². The molecule has 1 aromatic rings. The molecule has 0 aliphatic carbocycles. The lowest BCUT2D eigenvalue weighted by atomic mass is 10.0. The number of aromatic amines is 1. The zero-order chi connectivity index (χ0) is 10.8. The minimum atomic E-state index is -0.241. The summed E-state index contributed by atoms with van der Waals surface area (Å²) in [5, 5.41) is 3.04. The summed E-state index contributed by atoms with van der Waals surface area (Å²) < 4.78 is 0. The predicted molar refractivity (Wildman–Crippen MR) is 57.7 cm³/mol. The average molecular weight is 208 g/mol. The van der Waals surface area contributed by atoms with Gasteiger partial charge in [0.15, 0.2) is 0 Å². The third-order valence-electron chi connectivity index (χ3n) is 2.72. The van der Waals surface area contributed by atoms with Gasteiger partial charge in [-0.2, -0.15) is 4.98 Å². The van der Waals surface area contributed by atoms with E-state index in [9.17, 15) is 4.79 Å². The average Bonchev–Trinajstić information content (AvgIpc) is 2.17. The summed E-state index contributed by atoms with van der Waals surface area (Å²) in [4.78, 5) is 20.4. The van der Waals surface area contributed by atoms with Gasteiger partial charge in [-0.3, -0.25) is 0 Å². The van der Waals surface area contributed by atoms with Crippen molar-refractivity contribution in [2.24, 2.45) is 0 Å². The van der Waals surface area contributed by atoms with Crippen molar-refractivity contribution in [2.75, 3.05) is 20.6 Å². The molecule has 0 saturated carbocycles. The van der Waals surface area contributed by atoms with Gasteiger partial charge in [0, 0.05) is 25.3 Å². The molecule has 5 nitrogen and oxygen atoms in total. The van der Waals surface area contributed by atoms with Crippen molar-refractivity contribution in [2.45, 2.75) is 19.5 Å². The molecule has 0 radical (unpaired) electrons. The number of H-pyrrole nitrogens is 1. The molecule has 0 saturated heterocycles. The Bertz CT molecular complexity index is 392. The van der Waals surface area contributed by atoms with Crippen LogP contribution in [0.5, 0.6) is 0 Å². The molecule has 0 amide bonds. The molecule has 1 aliphatic rings. The molecule has 0 fully saturated rings. The SMILES string of the molecule is CNCc1nc(=O)[nH]c2c1CCN(C)C2. The lowest BCUT2D eigenvalue weighted by Crippen LogP contribution is -2.32. The van der Waals surface area contributed by atoms with Crippen LogP contribution in [0.1, 0.15) is 17.0 Å². The Kier molecular flexibility index (Phi) is 2.83. The van der Waals surface area contributed by atoms with Gasteiger partial charge in [-0.25, -0.2) is 4.79 Å². The molecule has 0 unspecified atom stereocenters. The van der Waals surface area contributed by atoms with E-state index in [0.29, 0.717) is 6.54 Å². The van der Waals surface area contributed by atoms with Crippen LogP contribution < -0.4 is 11.0 Å². The summed E-state index contributed by atoms with van der Waals surface area (Å²) in [5.74, 6) is 0. The fourth-order valence-electron chi connectivity index (χ4n) is 1.99. The van der Waals surface area contributed by atoms with Gasteiger partial charge in [-0.1, -0.05) is 0 Å². The highest BCUT2D eigenvalue weighted by Gasteiger charge is 2.18. The first kappa shape index (κ1) is 10.3. The molecule has 15 heavy (non-hydrogen) atoms. The number of aromatic nitrogens is 2. The third kappa shape index (κ3) is 2.08. The topological polar surface area (TPSA) is 61.0 Å². The first-order valence-electron chi connectivity index (χ1n) is 5.15. The highest BCUT2D eigenvalue weighted by molar-refractivity contribution is 5.27. The molecular formula is C10H16N4O. The molecule has 2 N–H and O–H groups in total. The van der Waals surface area contributed by atoms with Crippen LogP contribution >= 0.6 is 0 Å². The van der Waals surface area contributed by atoms with Gasteiger partial charge in [0.2, 0.25) is 0 Å². The van der Waals surface area contributed by atoms with E-state index in [1.807, 2.05) is 7.05 Å². The highest BCUT2D eigenvalue weighted by atomic mass is 16.1. The zero-order valence-corrected chi connectivity index (χ0v) is 9.13. The molecule has 5 heteroatoms. The first-order chi connectivity index (χ1) is 7.20. The molecule has 0 bridgehead atoms.